The van der Waals surface area contributed by atoms with Gasteiger partial charge in [0.15, 0.2) is 0 Å². The number of nitrogens with two attached hydrogens (primary N) is 1. The molecular weight excluding hydrogens is 356 g/mol. The van der Waals surface area contributed by atoms with Gasteiger partial charge in [-0.05, 0) is 24.6 Å². The Morgan fingerprint density at radius 1 is 1.27 bits per heavy atom. The average Bonchev–Trinajstić information content (AvgIpc) is 2.47. The van der Waals surface area contributed by atoms with E-state index in [0.717, 1.165) is 10.0 Å². The normalized spacial score (nSPS) is 19.3. The summed E-state index contributed by atoms with van der Waals surface area (Å²) in [6.45, 7) is 3.20. The molecule has 1 unspecified atom stereocenters. The summed E-state index contributed by atoms with van der Waals surface area (Å²) in [4.78, 5) is 16.0. The van der Waals surface area contributed by atoms with Gasteiger partial charge in [0.25, 0.3) is 6.43 Å². The lowest BCUT2D eigenvalue weighted by atomic mass is 9.91. The third kappa shape index (κ3) is 4.02. The van der Waals surface area contributed by atoms with Crippen LogP contribution in [0.3, 0.4) is 0 Å². The van der Waals surface area contributed by atoms with Crippen LogP contribution < -0.4 is 5.73 Å². The van der Waals surface area contributed by atoms with Crippen LogP contribution in [-0.2, 0) is 10.3 Å². The summed E-state index contributed by atoms with van der Waals surface area (Å²) in [6, 6.07) is 7.31. The minimum atomic E-state index is -2.34. The number of rotatable bonds is 4. The van der Waals surface area contributed by atoms with Crippen LogP contribution in [0, 0.1) is 0 Å². The highest BCUT2D eigenvalue weighted by molar-refractivity contribution is 9.10. The van der Waals surface area contributed by atoms with Crippen molar-refractivity contribution in [1.29, 1.82) is 0 Å². The molecule has 1 atom stereocenters. The van der Waals surface area contributed by atoms with Crippen LogP contribution in [0.4, 0.5) is 8.78 Å². The predicted octanol–water partition coefficient (Wildman–Crippen LogP) is 2.03. The largest absolute Gasteiger partial charge is 0.338 e. The van der Waals surface area contributed by atoms with Gasteiger partial charge < -0.3 is 10.6 Å². The van der Waals surface area contributed by atoms with Crippen molar-refractivity contribution in [2.24, 2.45) is 5.73 Å². The summed E-state index contributed by atoms with van der Waals surface area (Å²) >= 11 is 3.35. The number of amides is 1. The summed E-state index contributed by atoms with van der Waals surface area (Å²) in [6.07, 6.45) is -2.34. The maximum absolute atomic E-state index is 12.7. The predicted molar refractivity (Wildman–Crippen MR) is 84.7 cm³/mol. The van der Waals surface area contributed by atoms with E-state index in [1.54, 1.807) is 16.7 Å². The first kappa shape index (κ1) is 17.3. The molecule has 1 aromatic rings. The van der Waals surface area contributed by atoms with Gasteiger partial charge in [-0.1, -0.05) is 28.1 Å². The molecule has 122 valence electrons. The molecule has 1 amide bonds. The molecule has 4 nitrogen and oxygen atoms in total. The molecule has 0 bridgehead atoms. The van der Waals surface area contributed by atoms with Gasteiger partial charge in [0.1, 0.15) is 5.54 Å². The zero-order chi connectivity index (χ0) is 16.3. The molecule has 1 fully saturated rings. The second kappa shape index (κ2) is 7.02. The standard InChI is InChI=1S/C15H20BrF2N3O/c1-15(19,11-2-4-12(16)5-3-11)14(22)21-8-6-20(7-9-21)10-13(17)18/h2-5,13H,6-10,19H2,1H3. The number of alkyl halides is 2. The molecule has 2 rings (SSSR count). The lowest BCUT2D eigenvalue weighted by Gasteiger charge is -2.38. The SMILES string of the molecule is CC(N)(C(=O)N1CCN(CC(F)F)CC1)c1ccc(Br)cc1. The first-order chi connectivity index (χ1) is 10.3. The monoisotopic (exact) mass is 375 g/mol. The van der Waals surface area contributed by atoms with Crippen molar-refractivity contribution in [3.63, 3.8) is 0 Å². The van der Waals surface area contributed by atoms with Gasteiger partial charge >= 0.3 is 0 Å². The van der Waals surface area contributed by atoms with Crippen LogP contribution >= 0.6 is 15.9 Å². The van der Waals surface area contributed by atoms with Crippen LogP contribution in [0.15, 0.2) is 28.7 Å². The number of hydrogen-bond donors (Lipinski definition) is 1. The van der Waals surface area contributed by atoms with E-state index in [4.69, 9.17) is 5.73 Å². The molecule has 22 heavy (non-hydrogen) atoms. The van der Waals surface area contributed by atoms with Gasteiger partial charge in [0, 0.05) is 30.7 Å². The van der Waals surface area contributed by atoms with Crippen molar-refractivity contribution in [2.75, 3.05) is 32.7 Å². The maximum Gasteiger partial charge on any atom is 0.251 e. The van der Waals surface area contributed by atoms with E-state index in [-0.39, 0.29) is 12.5 Å². The Hall–Kier alpha value is -1.05. The molecule has 1 heterocycles. The summed E-state index contributed by atoms with van der Waals surface area (Å²) in [5.41, 5.74) is 5.85. The molecule has 0 spiro atoms. The summed E-state index contributed by atoms with van der Waals surface area (Å²) < 4.78 is 25.7. The van der Waals surface area contributed by atoms with Gasteiger partial charge in [-0.3, -0.25) is 9.69 Å². The van der Waals surface area contributed by atoms with Gasteiger partial charge in [0.05, 0.1) is 6.54 Å². The molecule has 1 saturated heterocycles. The number of piperazine rings is 1. The molecule has 1 aromatic carbocycles. The van der Waals surface area contributed by atoms with Crippen LogP contribution in [-0.4, -0.2) is 54.9 Å². The summed E-state index contributed by atoms with van der Waals surface area (Å²) in [5, 5.41) is 0. The van der Waals surface area contributed by atoms with E-state index >= 15 is 0 Å². The zero-order valence-corrected chi connectivity index (χ0v) is 14.0. The van der Waals surface area contributed by atoms with Crippen molar-refractivity contribution in [3.05, 3.63) is 34.3 Å². The summed E-state index contributed by atoms with van der Waals surface area (Å²) in [7, 11) is 0. The van der Waals surface area contributed by atoms with Crippen molar-refractivity contribution in [2.45, 2.75) is 18.9 Å². The molecule has 0 radical (unpaired) electrons. The maximum atomic E-state index is 12.7. The quantitative estimate of drug-likeness (QED) is 0.875. The highest BCUT2D eigenvalue weighted by Gasteiger charge is 2.35. The number of nitrogens with zero attached hydrogens (tertiary/aromatic N) is 2. The van der Waals surface area contributed by atoms with E-state index in [2.05, 4.69) is 15.9 Å². The first-order valence-electron chi connectivity index (χ1n) is 7.15. The molecule has 0 aromatic heterocycles. The second-order valence-corrected chi connectivity index (χ2v) is 6.61. The zero-order valence-electron chi connectivity index (χ0n) is 12.4. The number of benzene rings is 1. The van der Waals surface area contributed by atoms with E-state index in [9.17, 15) is 13.6 Å². The van der Waals surface area contributed by atoms with E-state index in [1.165, 1.54) is 0 Å². The Kier molecular flexibility index (Phi) is 5.52. The van der Waals surface area contributed by atoms with Gasteiger partial charge in [-0.25, -0.2) is 8.78 Å². The van der Waals surface area contributed by atoms with Crippen LogP contribution in [0.25, 0.3) is 0 Å². The van der Waals surface area contributed by atoms with Gasteiger partial charge in [0.2, 0.25) is 5.91 Å². The van der Waals surface area contributed by atoms with Crippen molar-refractivity contribution in [3.8, 4) is 0 Å². The van der Waals surface area contributed by atoms with Crippen molar-refractivity contribution < 1.29 is 13.6 Å². The van der Waals surface area contributed by atoms with E-state index in [0.29, 0.717) is 26.2 Å². The van der Waals surface area contributed by atoms with E-state index < -0.39 is 12.0 Å². The van der Waals surface area contributed by atoms with Crippen LogP contribution in [0.5, 0.6) is 0 Å². The number of carbonyl (C=O) groups is 1. The summed E-state index contributed by atoms with van der Waals surface area (Å²) in [5.74, 6) is -0.175. The number of hydrogen-bond acceptors (Lipinski definition) is 3. The van der Waals surface area contributed by atoms with E-state index in [1.807, 2.05) is 24.3 Å². The Bertz CT molecular complexity index is 514. The topological polar surface area (TPSA) is 49.6 Å². The molecule has 7 heteroatoms. The number of carbonyl (C=O) groups excluding carboxylic acids is 1. The average molecular weight is 376 g/mol. The lowest BCUT2D eigenvalue weighted by molar-refractivity contribution is -0.138. The molecular formula is C15H20BrF2N3O. The van der Waals surface area contributed by atoms with Crippen LogP contribution in [0.2, 0.25) is 0 Å². The smallest absolute Gasteiger partial charge is 0.251 e. The molecule has 1 aliphatic heterocycles. The Morgan fingerprint density at radius 2 is 1.82 bits per heavy atom. The first-order valence-corrected chi connectivity index (χ1v) is 7.95. The Morgan fingerprint density at radius 3 is 2.32 bits per heavy atom. The van der Waals surface area contributed by atoms with Gasteiger partial charge in [-0.15, -0.1) is 0 Å². The lowest BCUT2D eigenvalue weighted by Crippen LogP contribution is -2.57. The highest BCUT2D eigenvalue weighted by Crippen LogP contribution is 2.23. The molecule has 1 aliphatic rings. The second-order valence-electron chi connectivity index (χ2n) is 5.69. The molecule has 2 N–H and O–H groups in total. The minimum absolute atomic E-state index is 0.175. The molecule has 0 aliphatic carbocycles. The highest BCUT2D eigenvalue weighted by atomic mass is 79.9. The fourth-order valence-electron chi connectivity index (χ4n) is 2.58. The minimum Gasteiger partial charge on any atom is -0.338 e. The number of halogens is 3. The third-order valence-corrected chi connectivity index (χ3v) is 4.47. The third-order valence-electron chi connectivity index (χ3n) is 3.94. The Balaban J connectivity index is 2.01. The van der Waals surface area contributed by atoms with Crippen LogP contribution in [0.1, 0.15) is 12.5 Å². The Labute approximate surface area is 137 Å². The van der Waals surface area contributed by atoms with Crippen molar-refractivity contribution in [1.82, 2.24) is 9.80 Å². The fraction of sp³-hybridized carbons (Fsp3) is 0.533. The molecule has 0 saturated carbocycles. The van der Waals surface area contributed by atoms with Gasteiger partial charge in [-0.2, -0.15) is 0 Å². The van der Waals surface area contributed by atoms with Crippen molar-refractivity contribution >= 4 is 21.8 Å². The fourth-order valence-corrected chi connectivity index (χ4v) is 2.84.